The average Bonchev–Trinajstić information content (AvgIpc) is 1.63. The molecule has 0 bridgehead atoms. The third-order valence-corrected chi connectivity index (χ3v) is 20.1. The SMILES string of the molecule is CCCC[C@H](NC(=O)/C=C(\C)c1ccc(C(F)(F)P(=O)(OCOC(=O)C(C)(C)C)OCOC(=O)C(C)(C)C)cc1)C(=O)N1C[C@H]2CC[C@H]2[C@H]1C(=O)N[C@@H](CCC(N)=O)[C@@H](C)OCc1ccc(CCCNC(=O)COCCOCCCc2ccc3c(c2)n(C)c(=O)n3C2CCC(=O)NC2=O)cc1. The zero-order valence-corrected chi connectivity index (χ0v) is 60.4. The molecule has 7 atom stereocenters. The van der Waals surface area contributed by atoms with E-state index in [2.05, 4.69) is 21.3 Å². The average molecular weight is 1430 g/mol. The molecule has 3 heterocycles. The Balaban J connectivity index is 0.847. The molecular weight excluding hydrogens is 1330 g/mol. The van der Waals surface area contributed by atoms with Crippen LogP contribution in [-0.2, 0) is 113 Å². The maximum absolute atomic E-state index is 16.3. The van der Waals surface area contributed by atoms with E-state index in [9.17, 15) is 52.5 Å². The molecule has 6 N–H and O–H groups in total. The van der Waals surface area contributed by atoms with E-state index in [1.807, 2.05) is 49.4 Å². The third kappa shape index (κ3) is 22.0. The molecule has 3 aromatic carbocycles. The van der Waals surface area contributed by atoms with Gasteiger partial charge in [0.1, 0.15) is 24.7 Å². The van der Waals surface area contributed by atoms with E-state index in [0.717, 1.165) is 35.2 Å². The van der Waals surface area contributed by atoms with Gasteiger partial charge in [-0.05, 0) is 165 Å². The van der Waals surface area contributed by atoms with E-state index < -0.39 is 115 Å². The Morgan fingerprint density at radius 1 is 0.772 bits per heavy atom. The number of hydrogen-bond donors (Lipinski definition) is 5. The number of ether oxygens (including phenoxy) is 5. The fourth-order valence-corrected chi connectivity index (χ4v) is 13.3. The molecule has 7 amide bonds. The number of likely N-dealkylation sites (tertiary alicyclic amines) is 1. The number of nitrogens with two attached hydrogens (primary N) is 1. The minimum Gasteiger partial charge on any atom is -0.438 e. The molecule has 2 aliphatic heterocycles. The summed E-state index contributed by atoms with van der Waals surface area (Å²) in [7, 11) is -3.95. The fourth-order valence-electron chi connectivity index (χ4n) is 12.0. The van der Waals surface area contributed by atoms with Gasteiger partial charge in [0.05, 0.1) is 53.8 Å². The number of imide groups is 1. The van der Waals surface area contributed by atoms with Crippen molar-refractivity contribution in [2.75, 3.05) is 53.1 Å². The minimum absolute atomic E-state index is 0.0460. The molecule has 2 saturated heterocycles. The van der Waals surface area contributed by atoms with E-state index in [0.29, 0.717) is 93.4 Å². The van der Waals surface area contributed by atoms with Crippen molar-refractivity contribution >= 4 is 77.5 Å². The van der Waals surface area contributed by atoms with Gasteiger partial charge >= 0.3 is 30.9 Å². The predicted octanol–water partition coefficient (Wildman–Crippen LogP) is 8.07. The Labute approximate surface area is 587 Å². The molecule has 1 aliphatic carbocycles. The number of fused-ring (bicyclic) bond motifs is 2. The van der Waals surface area contributed by atoms with Crippen LogP contribution in [0.5, 0.6) is 0 Å². The second-order valence-corrected chi connectivity index (χ2v) is 30.2. The summed E-state index contributed by atoms with van der Waals surface area (Å²) < 4.78 is 86.8. The number of hydrogen-bond acceptors (Lipinski definition) is 18. The maximum atomic E-state index is 16.3. The van der Waals surface area contributed by atoms with Crippen molar-refractivity contribution in [3.05, 3.63) is 111 Å². The van der Waals surface area contributed by atoms with E-state index >= 15 is 8.78 Å². The first kappa shape index (κ1) is 80.3. The lowest BCUT2D eigenvalue weighted by Gasteiger charge is -2.35. The number of rotatable bonds is 38. The number of aryl methyl sites for hydroxylation is 3. The Kier molecular flexibility index (Phi) is 28.8. The van der Waals surface area contributed by atoms with Gasteiger partial charge in [-0.2, -0.15) is 8.78 Å². The largest absolute Gasteiger partial charge is 0.438 e. The number of halogens is 2. The maximum Gasteiger partial charge on any atom is 0.410 e. The van der Waals surface area contributed by atoms with Gasteiger partial charge in [-0.25, -0.2) is 4.79 Å². The topological polar surface area (TPSA) is 340 Å². The minimum atomic E-state index is -5.60. The van der Waals surface area contributed by atoms with Crippen LogP contribution in [0.1, 0.15) is 167 Å². The van der Waals surface area contributed by atoms with Gasteiger partial charge in [0, 0.05) is 51.2 Å². The first-order valence-electron chi connectivity index (χ1n) is 34.5. The number of unbranched alkanes of at least 4 members (excludes halogenated alkanes) is 1. The highest BCUT2D eigenvalue weighted by atomic mass is 31.2. The van der Waals surface area contributed by atoms with E-state index in [-0.39, 0.29) is 81.3 Å². The summed E-state index contributed by atoms with van der Waals surface area (Å²) in [5.74, 6) is -4.93. The van der Waals surface area contributed by atoms with Crippen LogP contribution in [-0.4, -0.2) is 145 Å². The van der Waals surface area contributed by atoms with Gasteiger partial charge in [0.15, 0.2) is 0 Å². The molecule has 3 aliphatic rings. The number of carbonyl (C=O) groups excluding carboxylic acids is 9. The van der Waals surface area contributed by atoms with E-state index in [4.69, 9.17) is 38.5 Å². The normalized spacial score (nSPS) is 18.2. The number of piperidine rings is 1. The van der Waals surface area contributed by atoms with Crippen LogP contribution in [0.15, 0.2) is 77.6 Å². The molecular formula is C72H99F2N8O18P. The van der Waals surface area contributed by atoms with Gasteiger partial charge in [-0.15, -0.1) is 0 Å². The van der Waals surface area contributed by atoms with Crippen molar-refractivity contribution in [3.8, 4) is 0 Å². The highest BCUT2D eigenvalue weighted by Crippen LogP contribution is 2.67. The van der Waals surface area contributed by atoms with Crippen molar-refractivity contribution in [1.82, 2.24) is 35.3 Å². The van der Waals surface area contributed by atoms with Crippen LogP contribution in [0.4, 0.5) is 8.78 Å². The highest BCUT2D eigenvalue weighted by Gasteiger charge is 2.56. The summed E-state index contributed by atoms with van der Waals surface area (Å²) in [5.41, 5.74) is 2.79. The molecule has 29 heteroatoms. The highest BCUT2D eigenvalue weighted by molar-refractivity contribution is 7.54. The Morgan fingerprint density at radius 2 is 1.41 bits per heavy atom. The van der Waals surface area contributed by atoms with E-state index in [1.54, 1.807) is 25.8 Å². The van der Waals surface area contributed by atoms with Gasteiger partial charge in [-0.3, -0.25) is 71.2 Å². The van der Waals surface area contributed by atoms with Crippen LogP contribution >= 0.6 is 7.60 Å². The van der Waals surface area contributed by atoms with Crippen molar-refractivity contribution in [2.45, 2.75) is 188 Å². The zero-order chi connectivity index (χ0) is 74.0. The van der Waals surface area contributed by atoms with Crippen LogP contribution in [0.2, 0.25) is 0 Å². The number of alkyl halides is 2. The third-order valence-electron chi connectivity index (χ3n) is 18.2. The standard InChI is InChI=1S/C72H99F2N8O18P/c1-11-12-17-55(77-61(85)38-45(2)50-23-26-52(27-24-50)72(73,74)101(93,99-43-97-67(90)70(4,5)6)100-44-98-68(91)71(7,8)9)66(89)81-40-51-25-28-53(51)63(81)65(88)78-54(29-32-59(75)83)46(3)96-41-49-20-18-47(19-21-49)15-13-34-76-62(86)42-95-37-36-94-35-14-16-48-22-30-56-58(39-48)80(10)69(92)82(56)57-31-33-60(84)79-64(57)87/h18-24,26-27,30,38-39,46,51,53-55,57,63H,11-17,25,28-29,31-37,40-44H2,1-10H3,(H2,75,83)(H,76,86)(H,77,85)(H,78,88)(H,79,84,87)/b45-38+/t46-,51-,53-,54+,55+,57?,63+/m1/s1. The Bertz CT molecular complexity index is 3700. The number of amides is 7. The van der Waals surface area contributed by atoms with Crippen molar-refractivity contribution in [1.29, 1.82) is 0 Å². The van der Waals surface area contributed by atoms with Gasteiger partial charge in [-0.1, -0.05) is 74.4 Å². The van der Waals surface area contributed by atoms with Gasteiger partial charge in [0.25, 0.3) is 0 Å². The lowest BCUT2D eigenvalue weighted by Crippen LogP contribution is -2.57. The van der Waals surface area contributed by atoms with Crippen molar-refractivity contribution < 1.29 is 89.2 Å². The Hall–Kier alpha value is -8.01. The number of aromatic nitrogens is 2. The van der Waals surface area contributed by atoms with Gasteiger partial charge < -0.3 is 50.3 Å². The summed E-state index contributed by atoms with van der Waals surface area (Å²) >= 11 is 0. The summed E-state index contributed by atoms with van der Waals surface area (Å²) in [6.45, 7) is 13.8. The number of carbonyl (C=O) groups is 9. The zero-order valence-electron chi connectivity index (χ0n) is 59.5. The number of benzene rings is 3. The van der Waals surface area contributed by atoms with Crippen molar-refractivity contribution in [2.24, 2.45) is 35.4 Å². The molecule has 26 nitrogen and oxygen atoms in total. The predicted molar refractivity (Wildman–Crippen MR) is 369 cm³/mol. The number of imidazole rings is 1. The Morgan fingerprint density at radius 3 is 2.02 bits per heavy atom. The molecule has 7 rings (SSSR count). The molecule has 3 fully saturated rings. The number of nitrogens with one attached hydrogen (secondary N) is 4. The molecule has 1 saturated carbocycles. The molecule has 101 heavy (non-hydrogen) atoms. The lowest BCUT2D eigenvalue weighted by atomic mass is 9.73. The smallest absolute Gasteiger partial charge is 0.410 e. The number of esters is 2. The second-order valence-electron chi connectivity index (χ2n) is 28.1. The van der Waals surface area contributed by atoms with Crippen LogP contribution in [0.25, 0.3) is 16.6 Å². The molecule has 1 aromatic heterocycles. The monoisotopic (exact) mass is 1430 g/mol. The molecule has 1 unspecified atom stereocenters. The van der Waals surface area contributed by atoms with Crippen LogP contribution < -0.4 is 32.7 Å². The van der Waals surface area contributed by atoms with Crippen molar-refractivity contribution in [3.63, 3.8) is 0 Å². The molecule has 0 radical (unpaired) electrons. The molecule has 554 valence electrons. The summed E-state index contributed by atoms with van der Waals surface area (Å²) in [5, 5.41) is 11.1. The fraction of sp³-hybridized carbons (Fsp3) is 0.583. The lowest BCUT2D eigenvalue weighted by molar-refractivity contribution is -0.163. The first-order chi connectivity index (χ1) is 47.7. The number of allylic oxidation sites excluding steroid dienone is 1. The molecule has 0 spiro atoms. The quantitative estimate of drug-likeness (QED) is 0.00707. The number of nitrogens with zero attached hydrogens (tertiary/aromatic N) is 3. The van der Waals surface area contributed by atoms with Crippen LogP contribution in [0, 0.1) is 22.7 Å². The summed E-state index contributed by atoms with van der Waals surface area (Å²) in [4.78, 5) is 131. The second kappa shape index (κ2) is 36.2. The summed E-state index contributed by atoms with van der Waals surface area (Å²) in [6, 6.07) is 14.5. The molecule has 4 aromatic rings. The number of primary amides is 1. The summed E-state index contributed by atoms with van der Waals surface area (Å²) in [6.07, 6.45) is 6.91. The van der Waals surface area contributed by atoms with Crippen LogP contribution in [0.3, 0.4) is 0 Å². The van der Waals surface area contributed by atoms with Gasteiger partial charge in [0.2, 0.25) is 54.9 Å². The first-order valence-corrected chi connectivity index (χ1v) is 36.0. The van der Waals surface area contributed by atoms with E-state index in [1.165, 1.54) is 68.9 Å².